The lowest BCUT2D eigenvalue weighted by Gasteiger charge is -2.32. The van der Waals surface area contributed by atoms with Crippen molar-refractivity contribution in [3.8, 4) is 6.07 Å². The molecule has 0 N–H and O–H groups in total. The molecule has 1 aliphatic carbocycles. The molecule has 2 aromatic carbocycles. The van der Waals surface area contributed by atoms with E-state index in [-0.39, 0.29) is 5.82 Å². The van der Waals surface area contributed by atoms with E-state index in [0.717, 1.165) is 49.7 Å². The molecule has 1 fully saturated rings. The second-order valence-corrected chi connectivity index (χ2v) is 8.24. The van der Waals surface area contributed by atoms with E-state index in [1.807, 2.05) is 18.5 Å². The molecule has 0 bridgehead atoms. The molecule has 1 saturated carbocycles. The molecular formula is C24H25FN4O. The van der Waals surface area contributed by atoms with Gasteiger partial charge in [-0.25, -0.2) is 9.37 Å². The fourth-order valence-corrected chi connectivity index (χ4v) is 4.61. The Bertz CT molecular complexity index is 1070. The highest BCUT2D eigenvalue weighted by Crippen LogP contribution is 2.32. The van der Waals surface area contributed by atoms with Gasteiger partial charge in [0.05, 0.1) is 29.0 Å². The number of benzene rings is 2. The number of amides is 1. The maximum Gasteiger partial charge on any atom is 0.210 e. The Morgan fingerprint density at radius 2 is 2.07 bits per heavy atom. The van der Waals surface area contributed by atoms with Crippen LogP contribution in [0, 0.1) is 29.0 Å². The van der Waals surface area contributed by atoms with E-state index < -0.39 is 0 Å². The van der Waals surface area contributed by atoms with Gasteiger partial charge in [-0.3, -0.25) is 4.79 Å². The topological polar surface area (TPSA) is 61.9 Å². The highest BCUT2D eigenvalue weighted by atomic mass is 19.1. The predicted molar refractivity (Wildman–Crippen MR) is 113 cm³/mol. The fourth-order valence-electron chi connectivity index (χ4n) is 4.61. The number of rotatable bonds is 7. The highest BCUT2D eigenvalue weighted by Gasteiger charge is 2.24. The van der Waals surface area contributed by atoms with Crippen LogP contribution in [-0.4, -0.2) is 27.4 Å². The molecule has 30 heavy (non-hydrogen) atoms. The minimum Gasteiger partial charge on any atom is -0.341 e. The van der Waals surface area contributed by atoms with Gasteiger partial charge in [0.15, 0.2) is 0 Å². The lowest BCUT2D eigenvalue weighted by molar-refractivity contribution is -0.119. The molecule has 4 rings (SSSR count). The summed E-state index contributed by atoms with van der Waals surface area (Å²) in [6.07, 6.45) is 7.06. The van der Waals surface area contributed by atoms with Gasteiger partial charge >= 0.3 is 0 Å². The van der Waals surface area contributed by atoms with Crippen molar-refractivity contribution in [3.63, 3.8) is 0 Å². The van der Waals surface area contributed by atoms with Crippen LogP contribution in [-0.2, 0) is 17.9 Å². The minimum atomic E-state index is -0.269. The Morgan fingerprint density at radius 1 is 1.23 bits per heavy atom. The summed E-state index contributed by atoms with van der Waals surface area (Å²) in [5.74, 6) is 0.633. The summed E-state index contributed by atoms with van der Waals surface area (Å²) in [7, 11) is 0. The summed E-state index contributed by atoms with van der Waals surface area (Å²) in [4.78, 5) is 17.8. The highest BCUT2D eigenvalue weighted by molar-refractivity contribution is 5.76. The van der Waals surface area contributed by atoms with Crippen molar-refractivity contribution in [1.82, 2.24) is 14.5 Å². The standard InChI is InChI=1S/C24H25FN4O/c25-22-7-2-1-6-21(22)15-28(17-30)13-19-4-3-5-20(10-19)14-29-16-27-23-9-8-18(12-26)11-24(23)29/h1-2,6-9,11,16-17,19-20H,3-5,10,13-15H2. The van der Waals surface area contributed by atoms with E-state index in [1.165, 1.54) is 6.07 Å². The summed E-state index contributed by atoms with van der Waals surface area (Å²) < 4.78 is 16.1. The summed E-state index contributed by atoms with van der Waals surface area (Å²) in [5.41, 5.74) is 3.08. The number of nitrogens with zero attached hydrogens (tertiary/aromatic N) is 4. The second kappa shape index (κ2) is 9.08. The van der Waals surface area contributed by atoms with Crippen molar-refractivity contribution in [1.29, 1.82) is 5.26 Å². The van der Waals surface area contributed by atoms with Crippen LogP contribution in [0.3, 0.4) is 0 Å². The monoisotopic (exact) mass is 404 g/mol. The average Bonchev–Trinajstić information content (AvgIpc) is 3.16. The Hall–Kier alpha value is -3.20. The number of nitriles is 1. The van der Waals surface area contributed by atoms with Gasteiger partial charge in [0.2, 0.25) is 6.41 Å². The SMILES string of the molecule is N#Cc1ccc2ncn(CC3CCCC(CN(C=O)Cc4ccccc4F)C3)c2c1. The van der Waals surface area contributed by atoms with Crippen LogP contribution >= 0.6 is 0 Å². The van der Waals surface area contributed by atoms with Crippen molar-refractivity contribution in [3.05, 3.63) is 65.7 Å². The van der Waals surface area contributed by atoms with E-state index in [4.69, 9.17) is 0 Å². The molecule has 2 atom stereocenters. The van der Waals surface area contributed by atoms with Gasteiger partial charge in [-0.05, 0) is 55.4 Å². The Kier molecular flexibility index (Phi) is 6.08. The van der Waals surface area contributed by atoms with Crippen molar-refractivity contribution >= 4 is 17.4 Å². The molecule has 1 aromatic heterocycles. The lowest BCUT2D eigenvalue weighted by atomic mass is 9.81. The van der Waals surface area contributed by atoms with Crippen molar-refractivity contribution in [2.24, 2.45) is 11.8 Å². The Labute approximate surface area is 175 Å². The van der Waals surface area contributed by atoms with E-state index in [2.05, 4.69) is 15.6 Å². The van der Waals surface area contributed by atoms with Gasteiger partial charge in [-0.2, -0.15) is 5.26 Å². The maximum atomic E-state index is 13.9. The van der Waals surface area contributed by atoms with E-state index >= 15 is 0 Å². The molecule has 2 unspecified atom stereocenters. The van der Waals surface area contributed by atoms with Crippen LogP contribution in [0.25, 0.3) is 11.0 Å². The van der Waals surface area contributed by atoms with E-state index in [9.17, 15) is 14.4 Å². The molecular weight excluding hydrogens is 379 g/mol. The van der Waals surface area contributed by atoms with Crippen LogP contribution in [0.4, 0.5) is 4.39 Å². The Balaban J connectivity index is 1.40. The van der Waals surface area contributed by atoms with Crippen LogP contribution in [0.2, 0.25) is 0 Å². The summed E-state index contributed by atoms with van der Waals surface area (Å²) in [6, 6.07) is 14.4. The quantitative estimate of drug-likeness (QED) is 0.544. The number of hydrogen-bond acceptors (Lipinski definition) is 3. The number of aromatic nitrogens is 2. The predicted octanol–water partition coefficient (Wildman–Crippen LogP) is 4.51. The summed E-state index contributed by atoms with van der Waals surface area (Å²) in [6.45, 7) is 1.81. The fraction of sp³-hybridized carbons (Fsp3) is 0.375. The molecule has 0 aliphatic heterocycles. The second-order valence-electron chi connectivity index (χ2n) is 8.24. The zero-order valence-electron chi connectivity index (χ0n) is 16.9. The molecule has 1 heterocycles. The van der Waals surface area contributed by atoms with Crippen LogP contribution in [0.1, 0.15) is 36.8 Å². The molecule has 0 saturated heterocycles. The first-order chi connectivity index (χ1) is 14.7. The van der Waals surface area contributed by atoms with Gasteiger partial charge in [0.25, 0.3) is 0 Å². The summed E-state index contributed by atoms with van der Waals surface area (Å²) in [5, 5.41) is 9.18. The lowest BCUT2D eigenvalue weighted by Crippen LogP contribution is -2.32. The van der Waals surface area contributed by atoms with Gasteiger partial charge in [0.1, 0.15) is 5.82 Å². The number of halogens is 1. The Morgan fingerprint density at radius 3 is 2.87 bits per heavy atom. The molecule has 0 radical (unpaired) electrons. The first kappa shape index (κ1) is 20.1. The average molecular weight is 404 g/mol. The molecule has 1 aliphatic rings. The molecule has 3 aromatic rings. The van der Waals surface area contributed by atoms with E-state index in [1.54, 1.807) is 29.2 Å². The third-order valence-corrected chi connectivity index (χ3v) is 6.07. The zero-order valence-corrected chi connectivity index (χ0v) is 16.9. The number of imidazole rings is 1. The van der Waals surface area contributed by atoms with Crippen molar-refractivity contribution < 1.29 is 9.18 Å². The number of carbonyl (C=O) groups excluding carboxylic acids is 1. The van der Waals surface area contributed by atoms with Gasteiger partial charge in [-0.1, -0.05) is 24.6 Å². The third-order valence-electron chi connectivity index (χ3n) is 6.07. The zero-order chi connectivity index (χ0) is 20.9. The first-order valence-electron chi connectivity index (χ1n) is 10.4. The summed E-state index contributed by atoms with van der Waals surface area (Å²) >= 11 is 0. The van der Waals surface area contributed by atoms with E-state index in [0.29, 0.717) is 36.1 Å². The molecule has 154 valence electrons. The van der Waals surface area contributed by atoms with Gasteiger partial charge in [0, 0.05) is 25.2 Å². The largest absolute Gasteiger partial charge is 0.341 e. The van der Waals surface area contributed by atoms with Crippen LogP contribution in [0.15, 0.2) is 48.8 Å². The van der Waals surface area contributed by atoms with Gasteiger partial charge < -0.3 is 9.47 Å². The van der Waals surface area contributed by atoms with Crippen molar-refractivity contribution in [2.75, 3.05) is 6.54 Å². The van der Waals surface area contributed by atoms with Crippen LogP contribution in [0.5, 0.6) is 0 Å². The molecule has 5 nitrogen and oxygen atoms in total. The third kappa shape index (κ3) is 4.51. The molecule has 0 spiro atoms. The normalized spacial score (nSPS) is 18.8. The van der Waals surface area contributed by atoms with Gasteiger partial charge in [-0.15, -0.1) is 0 Å². The smallest absolute Gasteiger partial charge is 0.210 e. The number of fused-ring (bicyclic) bond motifs is 1. The number of carbonyl (C=O) groups is 1. The maximum absolute atomic E-state index is 13.9. The molecule has 6 heteroatoms. The molecule has 1 amide bonds. The van der Waals surface area contributed by atoms with Crippen molar-refractivity contribution in [2.45, 2.75) is 38.8 Å². The first-order valence-corrected chi connectivity index (χ1v) is 10.4. The number of hydrogen-bond donors (Lipinski definition) is 0. The van der Waals surface area contributed by atoms with Crippen LogP contribution < -0.4 is 0 Å². The minimum absolute atomic E-state index is 0.269.